The molecule has 0 spiro atoms. The third-order valence-corrected chi connectivity index (χ3v) is 6.00. The van der Waals surface area contributed by atoms with Crippen LogP contribution in [0.25, 0.3) is 0 Å². The first-order valence-electron chi connectivity index (χ1n) is 10.4. The number of benzene rings is 1. The van der Waals surface area contributed by atoms with E-state index >= 15 is 0 Å². The second-order valence-corrected chi connectivity index (χ2v) is 8.04. The van der Waals surface area contributed by atoms with Gasteiger partial charge in [-0.15, -0.1) is 0 Å². The van der Waals surface area contributed by atoms with Gasteiger partial charge in [-0.2, -0.15) is 0 Å². The number of hydrogen-bond donors (Lipinski definition) is 3. The molecule has 2 unspecified atom stereocenters. The van der Waals surface area contributed by atoms with E-state index in [0.29, 0.717) is 24.2 Å². The van der Waals surface area contributed by atoms with Gasteiger partial charge >= 0.3 is 0 Å². The second kappa shape index (κ2) is 8.63. The van der Waals surface area contributed by atoms with E-state index in [1.165, 1.54) is 0 Å². The molecule has 0 bridgehead atoms. The number of fused-ring (bicyclic) bond motifs is 1. The maximum Gasteiger partial charge on any atom is 0.262 e. The Kier molecular flexibility index (Phi) is 5.94. The first-order valence-corrected chi connectivity index (χ1v) is 10.4. The Balaban J connectivity index is 1.53. The minimum atomic E-state index is -0.954. The summed E-state index contributed by atoms with van der Waals surface area (Å²) in [5.74, 6) is -1.93. The average molecular weight is 414 g/mol. The monoisotopic (exact) mass is 414 g/mol. The zero-order valence-corrected chi connectivity index (χ0v) is 16.7. The highest BCUT2D eigenvalue weighted by Crippen LogP contribution is 2.30. The van der Waals surface area contributed by atoms with Crippen LogP contribution < -0.4 is 10.6 Å². The summed E-state index contributed by atoms with van der Waals surface area (Å²) in [6, 6.07) is 4.55. The molecule has 0 aliphatic carbocycles. The number of nitrogens with zero attached hydrogens (tertiary/aromatic N) is 2. The Hall–Kier alpha value is -2.62. The second-order valence-electron chi connectivity index (χ2n) is 8.04. The molecule has 2 atom stereocenters. The van der Waals surface area contributed by atoms with E-state index < -0.39 is 23.8 Å². The fraction of sp³-hybridized carbons (Fsp3) is 0.524. The summed E-state index contributed by atoms with van der Waals surface area (Å²) in [6.45, 7) is 2.86. The Labute approximate surface area is 174 Å². The van der Waals surface area contributed by atoms with E-state index in [4.69, 9.17) is 5.11 Å². The van der Waals surface area contributed by atoms with Crippen molar-refractivity contribution >= 4 is 23.6 Å². The lowest BCUT2D eigenvalue weighted by atomic mass is 10.00. The number of amides is 4. The van der Waals surface area contributed by atoms with E-state index in [9.17, 15) is 19.2 Å². The normalized spacial score (nSPS) is 24.9. The van der Waals surface area contributed by atoms with E-state index in [1.807, 2.05) is 6.07 Å². The highest BCUT2D eigenvalue weighted by Gasteiger charge is 2.45. The molecular formula is C21H26N4O5. The van der Waals surface area contributed by atoms with Gasteiger partial charge in [0.2, 0.25) is 11.8 Å². The Morgan fingerprint density at radius 2 is 1.97 bits per heavy atom. The van der Waals surface area contributed by atoms with E-state index in [1.54, 1.807) is 12.1 Å². The number of rotatable bonds is 6. The number of hydrogen-bond acceptors (Lipinski definition) is 7. The zero-order valence-electron chi connectivity index (χ0n) is 16.7. The summed E-state index contributed by atoms with van der Waals surface area (Å²) < 4.78 is 0. The number of imide groups is 2. The van der Waals surface area contributed by atoms with Crippen molar-refractivity contribution in [1.29, 1.82) is 0 Å². The first-order chi connectivity index (χ1) is 14.5. The molecule has 4 rings (SSSR count). The Morgan fingerprint density at radius 1 is 1.13 bits per heavy atom. The molecule has 2 saturated heterocycles. The third-order valence-electron chi connectivity index (χ3n) is 6.00. The summed E-state index contributed by atoms with van der Waals surface area (Å²) in [4.78, 5) is 53.1. The molecule has 9 nitrogen and oxygen atoms in total. The summed E-state index contributed by atoms with van der Waals surface area (Å²) in [6.07, 6.45) is 2.29. The number of carbonyl (C=O) groups is 4. The van der Waals surface area contributed by atoms with Crippen molar-refractivity contribution in [3.05, 3.63) is 34.9 Å². The van der Waals surface area contributed by atoms with Gasteiger partial charge in [-0.05, 0) is 37.4 Å². The first kappa shape index (κ1) is 20.6. The molecule has 3 aliphatic heterocycles. The molecule has 1 aromatic carbocycles. The summed E-state index contributed by atoms with van der Waals surface area (Å²) in [5, 5.41) is 14.6. The number of likely N-dealkylation sites (tertiary alicyclic amines) is 1. The fourth-order valence-corrected chi connectivity index (χ4v) is 4.59. The van der Waals surface area contributed by atoms with Gasteiger partial charge in [0, 0.05) is 32.1 Å². The highest BCUT2D eigenvalue weighted by molar-refractivity contribution is 6.24. The molecule has 3 heterocycles. The van der Waals surface area contributed by atoms with Crippen LogP contribution in [0.2, 0.25) is 0 Å². The predicted molar refractivity (Wildman–Crippen MR) is 107 cm³/mol. The average Bonchev–Trinajstić information content (AvgIpc) is 2.98. The maximum absolute atomic E-state index is 13.2. The Bertz CT molecular complexity index is 886. The van der Waals surface area contributed by atoms with Gasteiger partial charge in [0.1, 0.15) is 6.04 Å². The third kappa shape index (κ3) is 3.88. The van der Waals surface area contributed by atoms with Gasteiger partial charge in [-0.25, -0.2) is 0 Å². The van der Waals surface area contributed by atoms with Gasteiger partial charge < -0.3 is 10.4 Å². The van der Waals surface area contributed by atoms with Crippen molar-refractivity contribution in [2.75, 3.05) is 26.2 Å². The molecular weight excluding hydrogens is 388 g/mol. The molecule has 0 aromatic heterocycles. The quantitative estimate of drug-likeness (QED) is 0.544. The largest absolute Gasteiger partial charge is 0.395 e. The van der Waals surface area contributed by atoms with Crippen LogP contribution in [-0.2, 0) is 16.1 Å². The molecule has 160 valence electrons. The van der Waals surface area contributed by atoms with Crippen LogP contribution in [0.5, 0.6) is 0 Å². The lowest BCUT2D eigenvalue weighted by Gasteiger charge is -2.33. The minimum absolute atomic E-state index is 0.0927. The predicted octanol–water partition coefficient (Wildman–Crippen LogP) is -0.366. The molecule has 30 heavy (non-hydrogen) atoms. The molecule has 2 fully saturated rings. The molecule has 0 radical (unpaired) electrons. The Morgan fingerprint density at radius 3 is 2.73 bits per heavy atom. The molecule has 4 amide bonds. The van der Waals surface area contributed by atoms with Crippen molar-refractivity contribution in [2.45, 2.75) is 44.3 Å². The molecule has 3 aliphatic rings. The maximum atomic E-state index is 13.2. The van der Waals surface area contributed by atoms with E-state index in [-0.39, 0.29) is 31.4 Å². The number of nitrogens with one attached hydrogen (secondary N) is 2. The SMILES string of the molecule is O=C1CCC(N2C(=O)c3cccc(CN4CCCC(NCCO)C4)c3C2=O)C(=O)N1. The van der Waals surface area contributed by atoms with Gasteiger partial charge in [0.25, 0.3) is 11.8 Å². The summed E-state index contributed by atoms with van der Waals surface area (Å²) in [7, 11) is 0. The molecule has 0 saturated carbocycles. The molecule has 3 N–H and O–H groups in total. The van der Waals surface area contributed by atoms with Crippen LogP contribution in [0.4, 0.5) is 0 Å². The zero-order chi connectivity index (χ0) is 21.3. The van der Waals surface area contributed by atoms with Gasteiger partial charge in [-0.1, -0.05) is 12.1 Å². The number of aliphatic hydroxyl groups excluding tert-OH is 1. The molecule has 9 heteroatoms. The topological polar surface area (TPSA) is 119 Å². The van der Waals surface area contributed by atoms with E-state index in [2.05, 4.69) is 15.5 Å². The lowest BCUT2D eigenvalue weighted by molar-refractivity contribution is -0.136. The van der Waals surface area contributed by atoms with Crippen LogP contribution in [0.1, 0.15) is 52.0 Å². The van der Waals surface area contributed by atoms with Crippen molar-refractivity contribution in [2.24, 2.45) is 0 Å². The summed E-state index contributed by atoms with van der Waals surface area (Å²) >= 11 is 0. The van der Waals surface area contributed by atoms with Crippen LogP contribution in [0.3, 0.4) is 0 Å². The van der Waals surface area contributed by atoms with E-state index in [0.717, 1.165) is 36.4 Å². The van der Waals surface area contributed by atoms with Gasteiger partial charge in [0.15, 0.2) is 0 Å². The number of carbonyl (C=O) groups excluding carboxylic acids is 4. The lowest BCUT2D eigenvalue weighted by Crippen LogP contribution is -2.54. The van der Waals surface area contributed by atoms with Gasteiger partial charge in [-0.3, -0.25) is 34.3 Å². The number of aliphatic hydroxyl groups is 1. The standard InChI is InChI=1S/C21H26N4O5/c26-10-8-22-14-4-2-9-24(12-14)11-13-3-1-5-15-18(13)21(30)25(20(15)29)16-6-7-17(27)23-19(16)28/h1,3,5,14,16,22,26H,2,4,6-12H2,(H,23,27,28). The molecule has 1 aromatic rings. The fourth-order valence-electron chi connectivity index (χ4n) is 4.59. The minimum Gasteiger partial charge on any atom is -0.395 e. The van der Waals surface area contributed by atoms with Crippen LogP contribution >= 0.6 is 0 Å². The van der Waals surface area contributed by atoms with Crippen molar-refractivity contribution < 1.29 is 24.3 Å². The summed E-state index contributed by atoms with van der Waals surface area (Å²) in [5.41, 5.74) is 1.44. The van der Waals surface area contributed by atoms with Crippen molar-refractivity contribution in [3.63, 3.8) is 0 Å². The van der Waals surface area contributed by atoms with Gasteiger partial charge in [0.05, 0.1) is 17.7 Å². The highest BCUT2D eigenvalue weighted by atomic mass is 16.3. The smallest absolute Gasteiger partial charge is 0.262 e. The number of piperidine rings is 2. The van der Waals surface area contributed by atoms with Crippen LogP contribution in [0, 0.1) is 0 Å². The van der Waals surface area contributed by atoms with Crippen LogP contribution in [0.15, 0.2) is 18.2 Å². The van der Waals surface area contributed by atoms with Crippen LogP contribution in [-0.4, -0.2) is 76.9 Å². The van der Waals surface area contributed by atoms with Crippen molar-refractivity contribution in [1.82, 2.24) is 20.4 Å². The van der Waals surface area contributed by atoms with Crippen molar-refractivity contribution in [3.8, 4) is 0 Å².